The molecule has 3 aliphatic carbocycles. The topological polar surface area (TPSA) is 9.23 Å². The first kappa shape index (κ1) is 20.0. The number of hydrogen-bond donors (Lipinski definition) is 0. The molecular formula is C26H37FO. The first-order valence-corrected chi connectivity index (χ1v) is 11.7. The third-order valence-electron chi connectivity index (χ3n) is 8.01. The minimum absolute atomic E-state index is 0.0602. The summed E-state index contributed by atoms with van der Waals surface area (Å²) >= 11 is 0. The third-order valence-corrected chi connectivity index (χ3v) is 8.01. The lowest BCUT2D eigenvalue weighted by Crippen LogP contribution is -2.35. The average molecular weight is 385 g/mol. The van der Waals surface area contributed by atoms with E-state index in [2.05, 4.69) is 19.6 Å². The highest BCUT2D eigenvalue weighted by molar-refractivity contribution is 5.39. The second kappa shape index (κ2) is 9.01. The zero-order valence-electron chi connectivity index (χ0n) is 17.6. The highest BCUT2D eigenvalue weighted by atomic mass is 19.1. The summed E-state index contributed by atoms with van der Waals surface area (Å²) in [5.41, 5.74) is 2.14. The molecule has 0 bridgehead atoms. The summed E-state index contributed by atoms with van der Waals surface area (Å²) in [6, 6.07) is 3.64. The molecule has 3 aliphatic rings. The number of rotatable bonds is 6. The maximum atomic E-state index is 14.8. The molecular weight excluding hydrogens is 347 g/mol. The predicted molar refractivity (Wildman–Crippen MR) is 114 cm³/mol. The van der Waals surface area contributed by atoms with Crippen LogP contribution >= 0.6 is 0 Å². The second-order valence-electron chi connectivity index (χ2n) is 9.71. The van der Waals surface area contributed by atoms with E-state index in [9.17, 15) is 4.39 Å². The van der Waals surface area contributed by atoms with E-state index in [0.29, 0.717) is 18.3 Å². The summed E-state index contributed by atoms with van der Waals surface area (Å²) in [6.45, 7) is 6.44. The van der Waals surface area contributed by atoms with E-state index in [1.54, 1.807) is 12.1 Å². The third kappa shape index (κ3) is 4.31. The molecule has 5 atom stereocenters. The largest absolute Gasteiger partial charge is 0.489 e. The van der Waals surface area contributed by atoms with Gasteiger partial charge in [0.1, 0.15) is 18.2 Å². The summed E-state index contributed by atoms with van der Waals surface area (Å²) in [6.07, 6.45) is 16.3. The Bertz CT molecular complexity index is 681. The Morgan fingerprint density at radius 3 is 2.57 bits per heavy atom. The SMILES string of the molecule is C=CCOc1cc(F)c2c(c1)CCC(C1CCC3CC(CCC)CCC3C1)C2. The number of fused-ring (bicyclic) bond motifs is 2. The van der Waals surface area contributed by atoms with E-state index < -0.39 is 0 Å². The van der Waals surface area contributed by atoms with E-state index >= 15 is 0 Å². The zero-order valence-corrected chi connectivity index (χ0v) is 17.6. The Kier molecular flexibility index (Phi) is 6.43. The second-order valence-corrected chi connectivity index (χ2v) is 9.71. The van der Waals surface area contributed by atoms with Gasteiger partial charge >= 0.3 is 0 Å². The molecule has 1 aromatic rings. The summed E-state index contributed by atoms with van der Waals surface area (Å²) in [4.78, 5) is 0. The van der Waals surface area contributed by atoms with Crippen molar-refractivity contribution in [3.63, 3.8) is 0 Å². The lowest BCUT2D eigenvalue weighted by molar-refractivity contribution is 0.0692. The van der Waals surface area contributed by atoms with E-state index in [1.165, 1.54) is 63.4 Å². The van der Waals surface area contributed by atoms with Gasteiger partial charge in [-0.05, 0) is 98.1 Å². The van der Waals surface area contributed by atoms with Gasteiger partial charge in [0.2, 0.25) is 0 Å². The van der Waals surface area contributed by atoms with Gasteiger partial charge in [-0.2, -0.15) is 0 Å². The molecule has 0 aliphatic heterocycles. The van der Waals surface area contributed by atoms with E-state index in [-0.39, 0.29) is 5.82 Å². The van der Waals surface area contributed by atoms with Crippen molar-refractivity contribution >= 4 is 0 Å². The highest BCUT2D eigenvalue weighted by Gasteiger charge is 2.38. The summed E-state index contributed by atoms with van der Waals surface area (Å²) in [5, 5.41) is 0. The molecule has 1 nitrogen and oxygen atoms in total. The molecule has 5 unspecified atom stereocenters. The summed E-state index contributed by atoms with van der Waals surface area (Å²) in [5.74, 6) is 5.01. The number of halogens is 1. The number of benzene rings is 1. The van der Waals surface area contributed by atoms with Crippen molar-refractivity contribution in [2.24, 2.45) is 29.6 Å². The quantitative estimate of drug-likeness (QED) is 0.474. The van der Waals surface area contributed by atoms with Crippen molar-refractivity contribution < 1.29 is 9.13 Å². The smallest absolute Gasteiger partial charge is 0.130 e. The van der Waals surface area contributed by atoms with Gasteiger partial charge in [0.15, 0.2) is 0 Å². The number of hydrogen-bond acceptors (Lipinski definition) is 1. The van der Waals surface area contributed by atoms with Gasteiger partial charge in [0, 0.05) is 6.07 Å². The first-order valence-electron chi connectivity index (χ1n) is 11.7. The van der Waals surface area contributed by atoms with Crippen LogP contribution in [0.2, 0.25) is 0 Å². The monoisotopic (exact) mass is 384 g/mol. The van der Waals surface area contributed by atoms with Crippen molar-refractivity contribution in [3.8, 4) is 5.75 Å². The highest BCUT2D eigenvalue weighted by Crippen LogP contribution is 2.49. The van der Waals surface area contributed by atoms with Crippen LogP contribution in [-0.2, 0) is 12.8 Å². The molecule has 2 saturated carbocycles. The lowest BCUT2D eigenvalue weighted by Gasteiger charge is -2.45. The van der Waals surface area contributed by atoms with Gasteiger partial charge < -0.3 is 4.74 Å². The summed E-state index contributed by atoms with van der Waals surface area (Å²) in [7, 11) is 0. The van der Waals surface area contributed by atoms with Gasteiger partial charge in [-0.25, -0.2) is 4.39 Å². The van der Waals surface area contributed by atoms with Gasteiger partial charge in [0.25, 0.3) is 0 Å². The van der Waals surface area contributed by atoms with Crippen LogP contribution < -0.4 is 4.74 Å². The van der Waals surface area contributed by atoms with Crippen LogP contribution in [-0.4, -0.2) is 6.61 Å². The molecule has 0 N–H and O–H groups in total. The maximum absolute atomic E-state index is 14.8. The maximum Gasteiger partial charge on any atom is 0.130 e. The van der Waals surface area contributed by atoms with Crippen LogP contribution in [0.1, 0.15) is 75.8 Å². The minimum Gasteiger partial charge on any atom is -0.489 e. The molecule has 0 heterocycles. The molecule has 0 aromatic heterocycles. The fourth-order valence-corrected chi connectivity index (χ4v) is 6.58. The Labute approximate surface area is 170 Å². The average Bonchev–Trinajstić information content (AvgIpc) is 2.72. The van der Waals surface area contributed by atoms with Gasteiger partial charge in [-0.15, -0.1) is 0 Å². The van der Waals surface area contributed by atoms with Crippen LogP contribution in [0, 0.1) is 35.4 Å². The number of ether oxygens (including phenoxy) is 1. The Morgan fingerprint density at radius 1 is 1.04 bits per heavy atom. The van der Waals surface area contributed by atoms with Crippen molar-refractivity contribution in [2.75, 3.05) is 6.61 Å². The van der Waals surface area contributed by atoms with Gasteiger partial charge in [0.05, 0.1) is 0 Å². The van der Waals surface area contributed by atoms with Crippen LogP contribution in [0.4, 0.5) is 4.39 Å². The number of aryl methyl sites for hydroxylation is 1. The molecule has 154 valence electrons. The van der Waals surface area contributed by atoms with Crippen molar-refractivity contribution in [1.82, 2.24) is 0 Å². The molecule has 2 fully saturated rings. The molecule has 0 amide bonds. The molecule has 1 aromatic carbocycles. The van der Waals surface area contributed by atoms with Crippen molar-refractivity contribution in [2.45, 2.75) is 77.6 Å². The normalized spacial score (nSPS) is 32.3. The van der Waals surface area contributed by atoms with Crippen LogP contribution in [0.15, 0.2) is 24.8 Å². The lowest BCUT2D eigenvalue weighted by atomic mass is 9.61. The first-order chi connectivity index (χ1) is 13.7. The van der Waals surface area contributed by atoms with Crippen molar-refractivity contribution in [1.29, 1.82) is 0 Å². The van der Waals surface area contributed by atoms with Crippen LogP contribution in [0.3, 0.4) is 0 Å². The minimum atomic E-state index is -0.0602. The molecule has 0 radical (unpaired) electrons. The Hall–Kier alpha value is -1.31. The summed E-state index contributed by atoms with van der Waals surface area (Å²) < 4.78 is 20.4. The zero-order chi connectivity index (χ0) is 19.5. The Balaban J connectivity index is 1.38. The van der Waals surface area contributed by atoms with E-state index in [0.717, 1.165) is 42.1 Å². The fraction of sp³-hybridized carbons (Fsp3) is 0.692. The van der Waals surface area contributed by atoms with Crippen LogP contribution in [0.25, 0.3) is 0 Å². The van der Waals surface area contributed by atoms with Crippen LogP contribution in [0.5, 0.6) is 5.75 Å². The van der Waals surface area contributed by atoms with Gasteiger partial charge in [-0.3, -0.25) is 0 Å². The molecule has 0 saturated heterocycles. The van der Waals surface area contributed by atoms with Crippen molar-refractivity contribution in [3.05, 3.63) is 41.7 Å². The predicted octanol–water partition coefficient (Wildman–Crippen LogP) is 7.13. The van der Waals surface area contributed by atoms with E-state index in [1.807, 2.05) is 0 Å². The fourth-order valence-electron chi connectivity index (χ4n) is 6.58. The standard InChI is InChI=1S/C26H37FO/c1-3-5-18-6-7-20-14-21(9-8-19(20)13-18)22-10-11-23-15-24(28-12-4-2)17-26(27)25(23)16-22/h4,15,17-22H,2-3,5-14,16H2,1H3. The molecule has 28 heavy (non-hydrogen) atoms. The Morgan fingerprint density at radius 2 is 1.79 bits per heavy atom. The molecule has 4 rings (SSSR count). The molecule has 0 spiro atoms. The van der Waals surface area contributed by atoms with E-state index in [4.69, 9.17) is 4.74 Å². The van der Waals surface area contributed by atoms with Gasteiger partial charge in [-0.1, -0.05) is 38.8 Å². The molecule has 2 heteroatoms.